The first-order valence-corrected chi connectivity index (χ1v) is 8.39. The van der Waals surface area contributed by atoms with E-state index in [2.05, 4.69) is 26.0 Å². The summed E-state index contributed by atoms with van der Waals surface area (Å²) in [7, 11) is 0. The molecule has 24 heavy (non-hydrogen) atoms. The molecular formula is C21H21NO2. The van der Waals surface area contributed by atoms with Gasteiger partial charge in [0.1, 0.15) is 11.8 Å². The molecule has 0 bridgehead atoms. The van der Waals surface area contributed by atoms with Crippen molar-refractivity contribution in [1.82, 2.24) is 0 Å². The van der Waals surface area contributed by atoms with Gasteiger partial charge >= 0.3 is 0 Å². The molecule has 0 aromatic heterocycles. The van der Waals surface area contributed by atoms with Gasteiger partial charge in [0.25, 0.3) is 0 Å². The summed E-state index contributed by atoms with van der Waals surface area (Å²) in [5, 5.41) is 1.89. The van der Waals surface area contributed by atoms with Gasteiger partial charge in [0.15, 0.2) is 5.78 Å². The van der Waals surface area contributed by atoms with Gasteiger partial charge < -0.3 is 4.84 Å². The zero-order valence-corrected chi connectivity index (χ0v) is 14.0. The molecule has 122 valence electrons. The first-order valence-electron chi connectivity index (χ1n) is 8.39. The number of carbonyl (C=O) groups excluding carboxylic acids is 1. The summed E-state index contributed by atoms with van der Waals surface area (Å²) in [4.78, 5) is 19.1. The zero-order chi connectivity index (χ0) is 16.7. The van der Waals surface area contributed by atoms with Crippen LogP contribution in [0.4, 0.5) is 5.69 Å². The van der Waals surface area contributed by atoms with Gasteiger partial charge in [-0.3, -0.25) is 4.79 Å². The van der Waals surface area contributed by atoms with Crippen LogP contribution in [0.2, 0.25) is 0 Å². The first-order chi connectivity index (χ1) is 11.6. The van der Waals surface area contributed by atoms with Crippen molar-refractivity contribution in [2.45, 2.75) is 32.7 Å². The second-order valence-corrected chi connectivity index (χ2v) is 7.34. The molecule has 3 heteroatoms. The van der Waals surface area contributed by atoms with Gasteiger partial charge in [0.05, 0.1) is 11.3 Å². The molecule has 0 N–H and O–H groups in total. The highest BCUT2D eigenvalue weighted by atomic mass is 16.7. The molecule has 0 unspecified atom stereocenters. The molecule has 4 rings (SSSR count). The lowest BCUT2D eigenvalue weighted by atomic mass is 9.74. The van der Waals surface area contributed by atoms with Crippen LogP contribution in [0.5, 0.6) is 0 Å². The number of hydrogen-bond acceptors (Lipinski definition) is 3. The van der Waals surface area contributed by atoms with Crippen LogP contribution in [0, 0.1) is 5.41 Å². The zero-order valence-electron chi connectivity index (χ0n) is 14.0. The van der Waals surface area contributed by atoms with Gasteiger partial charge in [-0.1, -0.05) is 62.4 Å². The molecule has 0 saturated heterocycles. The van der Waals surface area contributed by atoms with Crippen molar-refractivity contribution in [3.05, 3.63) is 77.6 Å². The minimum Gasteiger partial charge on any atom is -0.383 e. The summed E-state index contributed by atoms with van der Waals surface area (Å²) in [6, 6.07) is 20.0. The monoisotopic (exact) mass is 319 g/mol. The van der Waals surface area contributed by atoms with E-state index >= 15 is 0 Å². The van der Waals surface area contributed by atoms with Crippen LogP contribution in [-0.4, -0.2) is 5.78 Å². The predicted octanol–water partition coefficient (Wildman–Crippen LogP) is 4.82. The van der Waals surface area contributed by atoms with E-state index in [-0.39, 0.29) is 17.2 Å². The lowest BCUT2D eigenvalue weighted by Crippen LogP contribution is -2.27. The van der Waals surface area contributed by atoms with Gasteiger partial charge in [-0.2, -0.15) is 5.06 Å². The molecule has 2 aromatic carbocycles. The summed E-state index contributed by atoms with van der Waals surface area (Å²) in [6.45, 7) is 4.25. The minimum atomic E-state index is -0.174. The maximum absolute atomic E-state index is 12.9. The molecule has 3 nitrogen and oxygen atoms in total. The van der Waals surface area contributed by atoms with E-state index in [1.807, 2.05) is 53.6 Å². The molecule has 0 fully saturated rings. The quantitative estimate of drug-likeness (QED) is 0.794. The molecule has 1 aliphatic carbocycles. The Morgan fingerprint density at radius 2 is 1.58 bits per heavy atom. The normalized spacial score (nSPS) is 22.3. The van der Waals surface area contributed by atoms with Crippen LogP contribution < -0.4 is 5.06 Å². The van der Waals surface area contributed by atoms with Crippen LogP contribution in [0.25, 0.3) is 0 Å². The fraction of sp³-hybridized carbons (Fsp3) is 0.286. The summed E-state index contributed by atoms with van der Waals surface area (Å²) >= 11 is 0. The number of hydrogen-bond donors (Lipinski definition) is 0. The number of para-hydroxylation sites is 1. The topological polar surface area (TPSA) is 29.5 Å². The summed E-state index contributed by atoms with van der Waals surface area (Å²) < 4.78 is 0. The van der Waals surface area contributed by atoms with Crippen LogP contribution >= 0.6 is 0 Å². The van der Waals surface area contributed by atoms with Crippen LogP contribution in [-0.2, 0) is 9.63 Å². The lowest BCUT2D eigenvalue weighted by Gasteiger charge is -2.28. The third-order valence-electron chi connectivity index (χ3n) is 4.72. The van der Waals surface area contributed by atoms with E-state index in [0.29, 0.717) is 6.42 Å². The molecule has 0 amide bonds. The molecule has 1 heterocycles. The van der Waals surface area contributed by atoms with Gasteiger partial charge in [-0.25, -0.2) is 0 Å². The Bertz CT molecular complexity index is 793. The number of nitrogens with zero attached hydrogens (tertiary/aromatic N) is 1. The highest BCUT2D eigenvalue weighted by Gasteiger charge is 2.45. The van der Waals surface area contributed by atoms with Crippen molar-refractivity contribution in [2.24, 2.45) is 5.41 Å². The van der Waals surface area contributed by atoms with Gasteiger partial charge in [-0.05, 0) is 23.1 Å². The highest BCUT2D eigenvalue weighted by Crippen LogP contribution is 2.49. The predicted molar refractivity (Wildman–Crippen MR) is 94.2 cm³/mol. The standard InChI is InChI=1S/C21H21NO2/c1-21(2)13-17(23)19-18(14-21)24-22(16-11-7-4-8-12-16)20(19)15-9-5-3-6-10-15/h3-12,20H,13-14H2,1-2H3/t20-/m0/s1. The lowest BCUT2D eigenvalue weighted by molar-refractivity contribution is -0.118. The SMILES string of the molecule is CC1(C)CC(=O)C2=C(C1)ON(c1ccccc1)[C@H]2c1ccccc1. The Morgan fingerprint density at radius 3 is 2.25 bits per heavy atom. The van der Waals surface area contributed by atoms with Crippen molar-refractivity contribution in [1.29, 1.82) is 0 Å². The fourth-order valence-corrected chi connectivity index (χ4v) is 3.67. The summed E-state index contributed by atoms with van der Waals surface area (Å²) in [5.74, 6) is 1.03. The number of benzene rings is 2. The molecular weight excluding hydrogens is 298 g/mol. The first kappa shape index (κ1) is 15.0. The van der Waals surface area contributed by atoms with E-state index < -0.39 is 0 Å². The van der Waals surface area contributed by atoms with Crippen molar-refractivity contribution in [3.63, 3.8) is 0 Å². The Kier molecular flexibility index (Phi) is 3.45. The van der Waals surface area contributed by atoms with Crippen molar-refractivity contribution < 1.29 is 9.63 Å². The highest BCUT2D eigenvalue weighted by molar-refractivity contribution is 5.99. The van der Waals surface area contributed by atoms with E-state index in [9.17, 15) is 4.79 Å². The second-order valence-electron chi connectivity index (χ2n) is 7.34. The Labute approximate surface area is 142 Å². The third-order valence-corrected chi connectivity index (χ3v) is 4.72. The number of rotatable bonds is 2. The van der Waals surface area contributed by atoms with Crippen molar-refractivity contribution >= 4 is 11.5 Å². The van der Waals surface area contributed by atoms with E-state index in [1.165, 1.54) is 0 Å². The Morgan fingerprint density at radius 1 is 0.958 bits per heavy atom. The number of carbonyl (C=O) groups is 1. The molecule has 1 aliphatic heterocycles. The number of hydroxylamine groups is 1. The van der Waals surface area contributed by atoms with Crippen molar-refractivity contribution in [2.75, 3.05) is 5.06 Å². The largest absolute Gasteiger partial charge is 0.383 e. The average molecular weight is 319 g/mol. The Hall–Kier alpha value is -2.55. The number of ketones is 1. The van der Waals surface area contributed by atoms with Gasteiger partial charge in [-0.15, -0.1) is 0 Å². The van der Waals surface area contributed by atoms with E-state index in [1.54, 1.807) is 0 Å². The average Bonchev–Trinajstić information content (AvgIpc) is 2.94. The third kappa shape index (κ3) is 2.50. The second kappa shape index (κ2) is 5.52. The van der Waals surface area contributed by atoms with Crippen molar-refractivity contribution in [3.8, 4) is 0 Å². The van der Waals surface area contributed by atoms with E-state index in [0.717, 1.165) is 29.0 Å². The molecule has 2 aromatic rings. The van der Waals surface area contributed by atoms with Gasteiger partial charge in [0.2, 0.25) is 0 Å². The van der Waals surface area contributed by atoms with Gasteiger partial charge in [0, 0.05) is 12.8 Å². The number of anilines is 1. The Balaban J connectivity index is 1.82. The molecule has 1 atom stereocenters. The maximum Gasteiger partial charge on any atom is 0.165 e. The van der Waals surface area contributed by atoms with Crippen LogP contribution in [0.15, 0.2) is 72.0 Å². The molecule has 2 aliphatic rings. The molecule has 0 saturated carbocycles. The minimum absolute atomic E-state index is 0.0517. The fourth-order valence-electron chi connectivity index (χ4n) is 3.67. The smallest absolute Gasteiger partial charge is 0.165 e. The van der Waals surface area contributed by atoms with E-state index in [4.69, 9.17) is 4.84 Å². The number of allylic oxidation sites excluding steroid dienone is 1. The number of Topliss-reactive ketones (excluding diaryl/α,β-unsaturated/α-hetero) is 1. The van der Waals surface area contributed by atoms with Crippen LogP contribution in [0.1, 0.15) is 38.3 Å². The summed E-state index contributed by atoms with van der Waals surface area (Å²) in [5.41, 5.74) is 2.82. The summed E-state index contributed by atoms with van der Waals surface area (Å²) in [6.07, 6.45) is 1.36. The van der Waals surface area contributed by atoms with Crippen LogP contribution in [0.3, 0.4) is 0 Å². The molecule has 0 radical (unpaired) electrons. The molecule has 0 spiro atoms. The maximum atomic E-state index is 12.9.